The highest BCUT2D eigenvalue weighted by Gasteiger charge is 2.47. The van der Waals surface area contributed by atoms with Crippen molar-refractivity contribution in [2.45, 2.75) is 18.9 Å². The van der Waals surface area contributed by atoms with Crippen LogP contribution in [0.4, 0.5) is 20.2 Å². The van der Waals surface area contributed by atoms with Gasteiger partial charge in [-0.2, -0.15) is 14.0 Å². The molecule has 2 aliphatic heterocycles. The van der Waals surface area contributed by atoms with Gasteiger partial charge in [0.1, 0.15) is 11.7 Å². The lowest BCUT2D eigenvalue weighted by Crippen LogP contribution is -2.53. The number of nitrogens with one attached hydrogen (secondary N) is 2. The third-order valence-corrected chi connectivity index (χ3v) is 6.39. The molecule has 2 aromatic carbocycles. The average Bonchev–Trinajstić information content (AvgIpc) is 3.34. The molecule has 2 amide bonds. The van der Waals surface area contributed by atoms with Gasteiger partial charge >= 0.3 is 5.92 Å². The number of allylic oxidation sites excluding steroid dienone is 1. The van der Waals surface area contributed by atoms with Gasteiger partial charge < -0.3 is 10.3 Å². The highest BCUT2D eigenvalue weighted by Crippen LogP contribution is 2.36. The van der Waals surface area contributed by atoms with Gasteiger partial charge in [0.15, 0.2) is 0 Å². The molecule has 37 heavy (non-hydrogen) atoms. The van der Waals surface area contributed by atoms with Crippen molar-refractivity contribution in [1.82, 2.24) is 15.4 Å². The van der Waals surface area contributed by atoms with E-state index < -0.39 is 23.6 Å². The summed E-state index contributed by atoms with van der Waals surface area (Å²) in [5.41, 5.74) is 4.16. The zero-order valence-electron chi connectivity index (χ0n) is 19.7. The lowest BCUT2D eigenvalue weighted by molar-refractivity contribution is -0.129. The molecule has 2 atom stereocenters. The number of nitrogens with zero attached hydrogens (tertiary/aromatic N) is 4. The van der Waals surface area contributed by atoms with Crippen molar-refractivity contribution in [2.75, 3.05) is 16.8 Å². The van der Waals surface area contributed by atoms with Crippen LogP contribution in [0.3, 0.4) is 0 Å². The number of carbonyl (C=O) groups is 2. The molecule has 2 aliphatic rings. The first-order valence-corrected chi connectivity index (χ1v) is 11.5. The van der Waals surface area contributed by atoms with Crippen LogP contribution >= 0.6 is 0 Å². The highest BCUT2D eigenvalue weighted by atomic mass is 19.3. The van der Waals surface area contributed by atoms with Crippen LogP contribution in [0.2, 0.25) is 0 Å². The number of anilines is 2. The molecule has 1 unspecified atom stereocenters. The first kappa shape index (κ1) is 24.1. The molecule has 3 heterocycles. The zero-order valence-corrected chi connectivity index (χ0v) is 19.7. The standard InChI is InChI=1S/C27H22F2N6O2/c1-17-16-34-24(22(15-32-34)25(36)33-20-9-5-6-18(12-20)13-30)26(37)35(17)21-10-11-23(31-14-21)27(28,29)19-7-3-2-4-8-19/h2-12,14,16,22,24,32H,15H2,1H3,(H,33,36)/t22-,24?/m0/s1. The van der Waals surface area contributed by atoms with E-state index in [0.717, 1.165) is 0 Å². The van der Waals surface area contributed by atoms with Gasteiger partial charge in [0, 0.05) is 29.7 Å². The molecule has 0 aliphatic carbocycles. The van der Waals surface area contributed by atoms with Crippen molar-refractivity contribution in [3.05, 3.63) is 102 Å². The number of pyridine rings is 1. The molecule has 8 nitrogen and oxygen atoms in total. The molecule has 0 saturated carbocycles. The maximum Gasteiger partial charge on any atom is 0.314 e. The number of rotatable bonds is 5. The van der Waals surface area contributed by atoms with Crippen molar-refractivity contribution in [3.63, 3.8) is 0 Å². The van der Waals surface area contributed by atoms with E-state index in [0.29, 0.717) is 22.6 Å². The molecule has 0 bridgehead atoms. The minimum atomic E-state index is -3.30. The van der Waals surface area contributed by atoms with E-state index in [-0.39, 0.29) is 23.9 Å². The quantitative estimate of drug-likeness (QED) is 0.554. The Balaban J connectivity index is 1.38. The van der Waals surface area contributed by atoms with E-state index in [1.807, 2.05) is 6.07 Å². The number of hydrogen-bond donors (Lipinski definition) is 2. The fraction of sp³-hybridized carbons (Fsp3) is 0.185. The fourth-order valence-corrected chi connectivity index (χ4v) is 4.56. The van der Waals surface area contributed by atoms with Crippen LogP contribution in [0.15, 0.2) is 84.8 Å². The smallest absolute Gasteiger partial charge is 0.314 e. The van der Waals surface area contributed by atoms with E-state index in [1.54, 1.807) is 48.5 Å². The second kappa shape index (κ2) is 9.44. The Bertz CT molecular complexity index is 1420. The number of fused-ring (bicyclic) bond motifs is 1. The summed E-state index contributed by atoms with van der Waals surface area (Å²) >= 11 is 0. The summed E-state index contributed by atoms with van der Waals surface area (Å²) in [5.74, 6) is -4.80. The SMILES string of the molecule is CC1=CN2NC[C@H](C(=O)Nc3cccc(C#N)c3)C2C(=O)N1c1ccc(C(F)(F)c2ccccc2)nc1. The number of aromatic nitrogens is 1. The van der Waals surface area contributed by atoms with E-state index in [1.165, 1.54) is 47.5 Å². The van der Waals surface area contributed by atoms with Crippen molar-refractivity contribution in [3.8, 4) is 6.07 Å². The topological polar surface area (TPSA) is 101 Å². The van der Waals surface area contributed by atoms with Crippen molar-refractivity contribution in [1.29, 1.82) is 5.26 Å². The summed E-state index contributed by atoms with van der Waals surface area (Å²) in [4.78, 5) is 32.0. The molecule has 0 radical (unpaired) electrons. The third kappa shape index (κ3) is 4.41. The van der Waals surface area contributed by atoms with E-state index in [4.69, 9.17) is 5.26 Å². The number of carbonyl (C=O) groups excluding carboxylic acids is 2. The van der Waals surface area contributed by atoms with Crippen molar-refractivity contribution < 1.29 is 18.4 Å². The third-order valence-electron chi connectivity index (χ3n) is 6.39. The summed E-state index contributed by atoms with van der Waals surface area (Å²) in [7, 11) is 0. The molecule has 1 aromatic heterocycles. The Morgan fingerprint density at radius 3 is 2.65 bits per heavy atom. The fourth-order valence-electron chi connectivity index (χ4n) is 4.56. The number of benzene rings is 2. The van der Waals surface area contributed by atoms with Crippen LogP contribution in [-0.2, 0) is 15.5 Å². The zero-order chi connectivity index (χ0) is 26.2. The van der Waals surface area contributed by atoms with Gasteiger partial charge in [-0.1, -0.05) is 36.4 Å². The average molecular weight is 501 g/mol. The van der Waals surface area contributed by atoms with Gasteiger partial charge in [-0.3, -0.25) is 19.5 Å². The molecule has 1 saturated heterocycles. The Morgan fingerprint density at radius 2 is 1.95 bits per heavy atom. The first-order chi connectivity index (χ1) is 17.8. The Labute approximate surface area is 211 Å². The molecule has 0 spiro atoms. The van der Waals surface area contributed by atoms with Crippen LogP contribution in [0.5, 0.6) is 0 Å². The second-order valence-electron chi connectivity index (χ2n) is 8.79. The minimum Gasteiger partial charge on any atom is -0.326 e. The molecular formula is C27H22F2N6O2. The highest BCUT2D eigenvalue weighted by molar-refractivity contribution is 6.05. The summed E-state index contributed by atoms with van der Waals surface area (Å²) < 4.78 is 29.9. The van der Waals surface area contributed by atoms with E-state index >= 15 is 0 Å². The van der Waals surface area contributed by atoms with Crippen molar-refractivity contribution >= 4 is 23.2 Å². The predicted molar refractivity (Wildman–Crippen MR) is 132 cm³/mol. The molecule has 2 N–H and O–H groups in total. The van der Waals surface area contributed by atoms with Crippen LogP contribution in [0.25, 0.3) is 0 Å². The number of hydrogen-bond acceptors (Lipinski definition) is 6. The number of amides is 2. The first-order valence-electron chi connectivity index (χ1n) is 11.5. The van der Waals surface area contributed by atoms with Crippen LogP contribution in [0, 0.1) is 17.2 Å². The monoisotopic (exact) mass is 500 g/mol. The van der Waals surface area contributed by atoms with Gasteiger partial charge in [-0.25, -0.2) is 5.43 Å². The molecule has 3 aromatic rings. The van der Waals surface area contributed by atoms with Gasteiger partial charge in [-0.15, -0.1) is 0 Å². The lowest BCUT2D eigenvalue weighted by Gasteiger charge is -2.36. The summed E-state index contributed by atoms with van der Waals surface area (Å²) in [6, 6.07) is 17.7. The van der Waals surface area contributed by atoms with E-state index in [9.17, 15) is 18.4 Å². The minimum absolute atomic E-state index is 0.179. The predicted octanol–water partition coefficient (Wildman–Crippen LogP) is 3.74. The largest absolute Gasteiger partial charge is 0.326 e. The number of nitriles is 1. The maximum absolute atomic E-state index is 14.9. The van der Waals surface area contributed by atoms with E-state index in [2.05, 4.69) is 15.7 Å². The Hall–Kier alpha value is -4.62. The van der Waals surface area contributed by atoms with Crippen molar-refractivity contribution in [2.24, 2.45) is 5.92 Å². The Kier molecular flexibility index (Phi) is 6.15. The van der Waals surface area contributed by atoms with Gasteiger partial charge in [0.2, 0.25) is 5.91 Å². The Morgan fingerprint density at radius 1 is 1.16 bits per heavy atom. The second-order valence-corrected chi connectivity index (χ2v) is 8.79. The number of halogens is 2. The van der Waals surface area contributed by atoms with Crippen LogP contribution in [0.1, 0.15) is 23.7 Å². The lowest BCUT2D eigenvalue weighted by atomic mass is 9.97. The van der Waals surface area contributed by atoms with Crippen LogP contribution < -0.4 is 15.6 Å². The molecule has 10 heteroatoms. The molecular weight excluding hydrogens is 478 g/mol. The molecule has 186 valence electrons. The van der Waals surface area contributed by atoms with Gasteiger partial charge in [0.25, 0.3) is 5.91 Å². The molecule has 5 rings (SSSR count). The van der Waals surface area contributed by atoms with Gasteiger partial charge in [0.05, 0.1) is 29.4 Å². The molecule has 1 fully saturated rings. The summed E-state index contributed by atoms with van der Waals surface area (Å²) in [6.07, 6.45) is 2.93. The normalized spacial score (nSPS) is 19.2. The van der Waals surface area contributed by atoms with Crippen LogP contribution in [-0.4, -0.2) is 34.4 Å². The maximum atomic E-state index is 14.9. The summed E-state index contributed by atoms with van der Waals surface area (Å²) in [5, 5.41) is 13.5. The number of alkyl halides is 2. The van der Waals surface area contributed by atoms with Gasteiger partial charge in [-0.05, 0) is 37.3 Å². The summed E-state index contributed by atoms with van der Waals surface area (Å²) in [6.45, 7) is 1.93. The number of hydrazine groups is 1.